The summed E-state index contributed by atoms with van der Waals surface area (Å²) in [6.07, 6.45) is 3.79. The van der Waals surface area contributed by atoms with Gasteiger partial charge in [-0.25, -0.2) is 9.67 Å². The number of thioether (sulfide) groups is 1. The van der Waals surface area contributed by atoms with Crippen molar-refractivity contribution in [3.05, 3.63) is 65.6 Å². The number of aromatic nitrogens is 3. The van der Waals surface area contributed by atoms with E-state index in [1.807, 2.05) is 65.2 Å². The Bertz CT molecular complexity index is 1010. The zero-order valence-electron chi connectivity index (χ0n) is 17.0. The van der Waals surface area contributed by atoms with Crippen molar-refractivity contribution in [3.8, 4) is 5.82 Å². The summed E-state index contributed by atoms with van der Waals surface area (Å²) >= 11 is 1.61. The minimum atomic E-state index is 0.118. The monoisotopic (exact) mass is 407 g/mol. The van der Waals surface area contributed by atoms with Gasteiger partial charge >= 0.3 is 0 Å². The maximum atomic E-state index is 13.0. The molecule has 0 saturated carbocycles. The molecule has 1 amide bonds. The number of carbonyl (C=O) groups is 1. The van der Waals surface area contributed by atoms with Crippen LogP contribution in [0.1, 0.15) is 21.7 Å². The van der Waals surface area contributed by atoms with E-state index >= 15 is 0 Å². The van der Waals surface area contributed by atoms with E-state index in [9.17, 15) is 4.79 Å². The molecule has 0 spiro atoms. The number of pyridine rings is 1. The smallest absolute Gasteiger partial charge is 0.255 e. The summed E-state index contributed by atoms with van der Waals surface area (Å²) in [5.74, 6) is 0.939. The first-order chi connectivity index (χ1) is 14.1. The van der Waals surface area contributed by atoms with Gasteiger partial charge in [-0.2, -0.15) is 5.10 Å². The van der Waals surface area contributed by atoms with Crippen LogP contribution >= 0.6 is 11.8 Å². The molecule has 0 N–H and O–H groups in total. The molecule has 0 unspecified atom stereocenters. The molecule has 0 bridgehead atoms. The summed E-state index contributed by atoms with van der Waals surface area (Å²) in [5, 5.41) is 4.71. The van der Waals surface area contributed by atoms with Crippen LogP contribution in [-0.2, 0) is 0 Å². The maximum Gasteiger partial charge on any atom is 0.255 e. The fourth-order valence-electron chi connectivity index (χ4n) is 3.92. The largest absolute Gasteiger partial charge is 0.365 e. The van der Waals surface area contributed by atoms with E-state index in [-0.39, 0.29) is 5.91 Å². The second-order valence-corrected chi connectivity index (χ2v) is 7.95. The molecule has 0 atom stereocenters. The van der Waals surface area contributed by atoms with Gasteiger partial charge in [-0.05, 0) is 44.4 Å². The molecule has 0 radical (unpaired) electrons. The molecule has 4 rings (SSSR count). The number of nitrogens with zero attached hydrogens (tertiary/aromatic N) is 5. The molecule has 29 heavy (non-hydrogen) atoms. The molecule has 1 aliphatic heterocycles. The van der Waals surface area contributed by atoms with E-state index in [1.165, 1.54) is 0 Å². The molecule has 3 heterocycles. The number of benzene rings is 1. The molecule has 150 valence electrons. The highest BCUT2D eigenvalue weighted by atomic mass is 32.2. The van der Waals surface area contributed by atoms with Crippen LogP contribution in [0.25, 0.3) is 5.82 Å². The zero-order chi connectivity index (χ0) is 20.4. The third-order valence-corrected chi connectivity index (χ3v) is 6.14. The van der Waals surface area contributed by atoms with E-state index in [0.29, 0.717) is 13.1 Å². The second kappa shape index (κ2) is 8.29. The highest BCUT2D eigenvalue weighted by molar-refractivity contribution is 7.98. The van der Waals surface area contributed by atoms with Crippen LogP contribution in [0.15, 0.2) is 53.6 Å². The fourth-order valence-corrected chi connectivity index (χ4v) is 4.51. The van der Waals surface area contributed by atoms with E-state index < -0.39 is 0 Å². The predicted octanol–water partition coefficient (Wildman–Crippen LogP) is 3.57. The highest BCUT2D eigenvalue weighted by Crippen LogP contribution is 2.28. The van der Waals surface area contributed by atoms with Gasteiger partial charge in [0.05, 0.1) is 22.6 Å². The number of hydrogen-bond donors (Lipinski definition) is 0. The van der Waals surface area contributed by atoms with Crippen LogP contribution in [0, 0.1) is 13.8 Å². The normalized spacial score (nSPS) is 14.3. The van der Waals surface area contributed by atoms with Crippen molar-refractivity contribution < 1.29 is 4.79 Å². The van der Waals surface area contributed by atoms with Gasteiger partial charge in [0, 0.05) is 37.3 Å². The summed E-state index contributed by atoms with van der Waals surface area (Å²) in [6, 6.07) is 13.7. The molecule has 0 aliphatic carbocycles. The fraction of sp³-hybridized carbons (Fsp3) is 0.318. The molecule has 1 aromatic carbocycles. The lowest BCUT2D eigenvalue weighted by molar-refractivity contribution is 0.0743. The van der Waals surface area contributed by atoms with Gasteiger partial charge in [-0.15, -0.1) is 11.8 Å². The Labute approximate surface area is 175 Å². The number of hydrogen-bond acceptors (Lipinski definition) is 5. The van der Waals surface area contributed by atoms with Gasteiger partial charge in [-0.3, -0.25) is 4.79 Å². The molecule has 7 heteroatoms. The Morgan fingerprint density at radius 3 is 2.41 bits per heavy atom. The zero-order valence-corrected chi connectivity index (χ0v) is 17.8. The number of anilines is 1. The third-order valence-electron chi connectivity index (χ3n) is 5.34. The van der Waals surface area contributed by atoms with E-state index in [1.54, 1.807) is 18.0 Å². The topological polar surface area (TPSA) is 54.3 Å². The van der Waals surface area contributed by atoms with Crippen LogP contribution < -0.4 is 4.90 Å². The summed E-state index contributed by atoms with van der Waals surface area (Å²) in [6.45, 7) is 7.11. The molecule has 1 aliphatic rings. The summed E-state index contributed by atoms with van der Waals surface area (Å²) in [5.41, 5.74) is 4.01. The highest BCUT2D eigenvalue weighted by Gasteiger charge is 2.27. The predicted molar refractivity (Wildman–Crippen MR) is 117 cm³/mol. The molecule has 1 fully saturated rings. The molecule has 3 aromatic rings. The molecule has 6 nitrogen and oxygen atoms in total. The van der Waals surface area contributed by atoms with Gasteiger partial charge in [0.1, 0.15) is 0 Å². The van der Waals surface area contributed by atoms with Crippen LogP contribution in [0.3, 0.4) is 0 Å². The maximum absolute atomic E-state index is 13.0. The Balaban J connectivity index is 1.51. The first-order valence-corrected chi connectivity index (χ1v) is 11.0. The number of piperazine rings is 1. The first kappa shape index (κ1) is 19.5. The lowest BCUT2D eigenvalue weighted by Gasteiger charge is -2.36. The average molecular weight is 408 g/mol. The van der Waals surface area contributed by atoms with Crippen LogP contribution in [-0.4, -0.2) is 58.0 Å². The van der Waals surface area contributed by atoms with Gasteiger partial charge in [0.2, 0.25) is 0 Å². The van der Waals surface area contributed by atoms with Gasteiger partial charge in [0.15, 0.2) is 5.82 Å². The molecule has 2 aromatic heterocycles. The Kier molecular flexibility index (Phi) is 5.58. The SMILES string of the molecule is CSc1ccccc1C(=O)N1CCN(c2c(C)nn(-c3ccccn3)c2C)CC1. The Morgan fingerprint density at radius 1 is 1.00 bits per heavy atom. The minimum absolute atomic E-state index is 0.118. The van der Waals surface area contributed by atoms with Crippen molar-refractivity contribution in [2.45, 2.75) is 18.7 Å². The van der Waals surface area contributed by atoms with E-state index in [0.717, 1.165) is 46.4 Å². The number of aryl methyl sites for hydroxylation is 1. The average Bonchev–Trinajstić information content (AvgIpc) is 3.08. The molecular weight excluding hydrogens is 382 g/mol. The second-order valence-electron chi connectivity index (χ2n) is 7.10. The number of carbonyl (C=O) groups excluding carboxylic acids is 1. The molecule has 1 saturated heterocycles. The van der Waals surface area contributed by atoms with Crippen LogP contribution in [0.4, 0.5) is 5.69 Å². The minimum Gasteiger partial charge on any atom is -0.365 e. The number of amides is 1. The Morgan fingerprint density at radius 2 is 1.72 bits per heavy atom. The van der Waals surface area contributed by atoms with Crippen molar-refractivity contribution in [2.75, 3.05) is 37.3 Å². The van der Waals surface area contributed by atoms with Crippen LogP contribution in [0.2, 0.25) is 0 Å². The van der Waals surface area contributed by atoms with E-state index in [2.05, 4.69) is 16.8 Å². The van der Waals surface area contributed by atoms with E-state index in [4.69, 9.17) is 5.10 Å². The first-order valence-electron chi connectivity index (χ1n) is 9.75. The Hall–Kier alpha value is -2.80. The molecular formula is C22H25N5OS. The van der Waals surface area contributed by atoms with Crippen LogP contribution in [0.5, 0.6) is 0 Å². The number of rotatable bonds is 4. The van der Waals surface area contributed by atoms with Crippen molar-refractivity contribution >= 4 is 23.4 Å². The van der Waals surface area contributed by atoms with Crippen molar-refractivity contribution in [2.24, 2.45) is 0 Å². The van der Waals surface area contributed by atoms with Gasteiger partial charge < -0.3 is 9.80 Å². The lowest BCUT2D eigenvalue weighted by Crippen LogP contribution is -2.49. The van der Waals surface area contributed by atoms with Gasteiger partial charge in [-0.1, -0.05) is 18.2 Å². The summed E-state index contributed by atoms with van der Waals surface area (Å²) in [4.78, 5) is 22.8. The summed E-state index contributed by atoms with van der Waals surface area (Å²) < 4.78 is 1.90. The third kappa shape index (κ3) is 3.74. The standard InChI is InChI=1S/C22H25N5OS/c1-16-21(17(2)27(24-16)20-10-6-7-11-23-20)25-12-14-26(15-13-25)22(28)18-8-4-5-9-19(18)29-3/h4-11H,12-15H2,1-3H3. The summed E-state index contributed by atoms with van der Waals surface area (Å²) in [7, 11) is 0. The lowest BCUT2D eigenvalue weighted by atomic mass is 10.1. The quantitative estimate of drug-likeness (QED) is 0.619. The van der Waals surface area contributed by atoms with Crippen molar-refractivity contribution in [1.82, 2.24) is 19.7 Å². The van der Waals surface area contributed by atoms with Crippen molar-refractivity contribution in [3.63, 3.8) is 0 Å². The van der Waals surface area contributed by atoms with Gasteiger partial charge in [0.25, 0.3) is 5.91 Å². The van der Waals surface area contributed by atoms with Crippen molar-refractivity contribution in [1.29, 1.82) is 0 Å².